The molecule has 8 heteroatoms. The minimum absolute atomic E-state index is 0.234. The highest BCUT2D eigenvalue weighted by Crippen LogP contribution is 2.13. The number of hydrogen-bond donors (Lipinski definition) is 4. The Morgan fingerprint density at radius 3 is 2.85 bits per heavy atom. The highest BCUT2D eigenvalue weighted by Gasteiger charge is 2.15. The molecule has 2 aromatic rings. The summed E-state index contributed by atoms with van der Waals surface area (Å²) in [7, 11) is 0. The number of benzene rings is 1. The second-order valence-corrected chi connectivity index (χ2v) is 6.11. The Bertz CT molecular complexity index is 734. The van der Waals surface area contributed by atoms with Crippen molar-refractivity contribution in [2.75, 3.05) is 23.8 Å². The van der Waals surface area contributed by atoms with Gasteiger partial charge < -0.3 is 25.8 Å². The molecule has 1 saturated heterocycles. The maximum Gasteiger partial charge on any atom is 0.404 e. The van der Waals surface area contributed by atoms with Crippen molar-refractivity contribution >= 4 is 17.9 Å². The summed E-state index contributed by atoms with van der Waals surface area (Å²) in [4.78, 5) is 19.3. The number of amides is 1. The highest BCUT2D eigenvalue weighted by atomic mass is 16.5. The first kappa shape index (κ1) is 17.9. The van der Waals surface area contributed by atoms with Gasteiger partial charge in [0.25, 0.3) is 0 Å². The molecule has 0 radical (unpaired) electrons. The summed E-state index contributed by atoms with van der Waals surface area (Å²) in [5.74, 6) is 1.30. The van der Waals surface area contributed by atoms with Crippen LogP contribution in [0.4, 0.5) is 16.6 Å². The van der Waals surface area contributed by atoms with Crippen LogP contribution in [0.2, 0.25) is 0 Å². The van der Waals surface area contributed by atoms with Gasteiger partial charge in [-0.15, -0.1) is 0 Å². The summed E-state index contributed by atoms with van der Waals surface area (Å²) in [6, 6.07) is 9.55. The Morgan fingerprint density at radius 2 is 2.08 bits per heavy atom. The molecule has 1 aromatic carbocycles. The fourth-order valence-corrected chi connectivity index (χ4v) is 2.77. The average Bonchev–Trinajstić information content (AvgIpc) is 3.17. The predicted octanol–water partition coefficient (Wildman–Crippen LogP) is 2.45. The van der Waals surface area contributed by atoms with Crippen LogP contribution in [-0.4, -0.2) is 40.4 Å². The Labute approximate surface area is 152 Å². The number of nitrogens with one attached hydrogen (secondary N) is 3. The number of aromatic nitrogens is 2. The van der Waals surface area contributed by atoms with E-state index in [0.717, 1.165) is 36.4 Å². The van der Waals surface area contributed by atoms with Crippen LogP contribution in [0.1, 0.15) is 24.0 Å². The Balaban J connectivity index is 1.51. The van der Waals surface area contributed by atoms with E-state index in [1.165, 1.54) is 0 Å². The van der Waals surface area contributed by atoms with E-state index in [1.807, 2.05) is 30.3 Å². The first-order valence-corrected chi connectivity index (χ1v) is 8.66. The van der Waals surface area contributed by atoms with Gasteiger partial charge in [0.15, 0.2) is 0 Å². The van der Waals surface area contributed by atoms with Crippen LogP contribution >= 0.6 is 0 Å². The van der Waals surface area contributed by atoms with Crippen LogP contribution in [-0.2, 0) is 17.8 Å². The summed E-state index contributed by atoms with van der Waals surface area (Å²) in [6.45, 7) is 2.41. The lowest BCUT2D eigenvalue weighted by atomic mass is 10.1. The third kappa shape index (κ3) is 5.59. The third-order valence-electron chi connectivity index (χ3n) is 4.08. The summed E-state index contributed by atoms with van der Waals surface area (Å²) < 4.78 is 5.58. The minimum Gasteiger partial charge on any atom is -0.465 e. The van der Waals surface area contributed by atoms with Crippen molar-refractivity contribution in [1.29, 1.82) is 0 Å². The van der Waals surface area contributed by atoms with Crippen LogP contribution in [0.3, 0.4) is 0 Å². The molecule has 3 rings (SSSR count). The van der Waals surface area contributed by atoms with E-state index >= 15 is 0 Å². The number of ether oxygens (including phenoxy) is 1. The van der Waals surface area contributed by atoms with Crippen molar-refractivity contribution < 1.29 is 14.6 Å². The second kappa shape index (κ2) is 9.00. The van der Waals surface area contributed by atoms with Crippen LogP contribution in [0.15, 0.2) is 36.5 Å². The van der Waals surface area contributed by atoms with E-state index in [9.17, 15) is 4.79 Å². The lowest BCUT2D eigenvalue weighted by molar-refractivity contribution is 0.120. The highest BCUT2D eigenvalue weighted by molar-refractivity contribution is 5.64. The van der Waals surface area contributed by atoms with Crippen molar-refractivity contribution in [3.8, 4) is 0 Å². The normalized spacial score (nSPS) is 16.2. The van der Waals surface area contributed by atoms with E-state index in [2.05, 4.69) is 25.9 Å². The summed E-state index contributed by atoms with van der Waals surface area (Å²) in [5, 5.41) is 17.5. The molecule has 26 heavy (non-hydrogen) atoms. The Hall–Kier alpha value is -2.87. The van der Waals surface area contributed by atoms with Crippen molar-refractivity contribution in [3.05, 3.63) is 47.7 Å². The molecule has 0 saturated carbocycles. The van der Waals surface area contributed by atoms with Gasteiger partial charge in [-0.05, 0) is 30.0 Å². The number of carboxylic acid groups (broad SMARTS) is 1. The van der Waals surface area contributed by atoms with E-state index < -0.39 is 6.09 Å². The molecule has 1 aliphatic rings. The SMILES string of the molecule is O=C(O)NCc1cccc(CNc2ccnc(NC[C@H]3CCCO3)n2)c1. The molecule has 1 amide bonds. The molecule has 0 bridgehead atoms. The molecular formula is C18H23N5O3. The minimum atomic E-state index is -1.03. The van der Waals surface area contributed by atoms with Gasteiger partial charge in [-0.1, -0.05) is 24.3 Å². The van der Waals surface area contributed by atoms with Crippen LogP contribution in [0.5, 0.6) is 0 Å². The molecule has 138 valence electrons. The monoisotopic (exact) mass is 357 g/mol. The molecule has 0 spiro atoms. The lowest BCUT2D eigenvalue weighted by Crippen LogP contribution is -2.20. The predicted molar refractivity (Wildman–Crippen MR) is 98.1 cm³/mol. The molecule has 2 heterocycles. The molecule has 0 aliphatic carbocycles. The van der Waals surface area contributed by atoms with Gasteiger partial charge in [0, 0.05) is 32.4 Å². The van der Waals surface area contributed by atoms with E-state index in [0.29, 0.717) is 19.0 Å². The van der Waals surface area contributed by atoms with Crippen molar-refractivity contribution in [2.24, 2.45) is 0 Å². The zero-order valence-corrected chi connectivity index (χ0v) is 14.4. The molecule has 1 atom stereocenters. The maximum atomic E-state index is 10.6. The first-order valence-electron chi connectivity index (χ1n) is 8.66. The molecule has 1 aromatic heterocycles. The molecule has 1 fully saturated rings. The molecule has 4 N–H and O–H groups in total. The third-order valence-corrected chi connectivity index (χ3v) is 4.08. The standard InChI is InChI=1S/C18H23N5O3/c24-18(25)22-11-14-4-1-3-13(9-14)10-20-16-6-7-19-17(23-16)21-12-15-5-2-8-26-15/h1,3-4,6-7,9,15,22H,2,5,8,10-12H2,(H,24,25)(H2,19,20,21,23)/t15-/m1/s1. The fourth-order valence-electron chi connectivity index (χ4n) is 2.77. The summed E-state index contributed by atoms with van der Waals surface area (Å²) in [6.07, 6.45) is 3.09. The average molecular weight is 357 g/mol. The van der Waals surface area contributed by atoms with Gasteiger partial charge in [0.1, 0.15) is 5.82 Å². The number of anilines is 2. The smallest absolute Gasteiger partial charge is 0.404 e. The van der Waals surface area contributed by atoms with Gasteiger partial charge in [-0.2, -0.15) is 4.98 Å². The van der Waals surface area contributed by atoms with Gasteiger partial charge in [-0.25, -0.2) is 9.78 Å². The summed E-state index contributed by atoms with van der Waals surface area (Å²) in [5.41, 5.74) is 1.95. The molecule has 1 aliphatic heterocycles. The summed E-state index contributed by atoms with van der Waals surface area (Å²) >= 11 is 0. The van der Waals surface area contributed by atoms with Gasteiger partial charge in [0.2, 0.25) is 5.95 Å². The van der Waals surface area contributed by atoms with E-state index in [1.54, 1.807) is 6.20 Å². The van der Waals surface area contributed by atoms with Crippen LogP contribution in [0.25, 0.3) is 0 Å². The maximum absolute atomic E-state index is 10.6. The van der Waals surface area contributed by atoms with Gasteiger partial charge in [0.05, 0.1) is 6.10 Å². The van der Waals surface area contributed by atoms with Gasteiger partial charge >= 0.3 is 6.09 Å². The van der Waals surface area contributed by atoms with Gasteiger partial charge in [-0.3, -0.25) is 0 Å². The lowest BCUT2D eigenvalue weighted by Gasteiger charge is -2.12. The quantitative estimate of drug-likeness (QED) is 0.574. The van der Waals surface area contributed by atoms with Crippen LogP contribution < -0.4 is 16.0 Å². The Kier molecular flexibility index (Phi) is 6.21. The number of nitrogens with zero attached hydrogens (tertiary/aromatic N) is 2. The Morgan fingerprint density at radius 1 is 1.23 bits per heavy atom. The zero-order chi connectivity index (χ0) is 18.2. The topological polar surface area (TPSA) is 108 Å². The fraction of sp³-hybridized carbons (Fsp3) is 0.389. The largest absolute Gasteiger partial charge is 0.465 e. The second-order valence-electron chi connectivity index (χ2n) is 6.11. The zero-order valence-electron chi connectivity index (χ0n) is 14.4. The molecule has 8 nitrogen and oxygen atoms in total. The first-order chi connectivity index (χ1) is 12.7. The number of rotatable bonds is 8. The van der Waals surface area contributed by atoms with Crippen molar-refractivity contribution in [1.82, 2.24) is 15.3 Å². The number of carbonyl (C=O) groups is 1. The number of hydrogen-bond acceptors (Lipinski definition) is 6. The van der Waals surface area contributed by atoms with Crippen molar-refractivity contribution in [2.45, 2.75) is 32.0 Å². The van der Waals surface area contributed by atoms with E-state index in [4.69, 9.17) is 9.84 Å². The van der Waals surface area contributed by atoms with E-state index in [-0.39, 0.29) is 12.6 Å². The van der Waals surface area contributed by atoms with Crippen LogP contribution in [0, 0.1) is 0 Å². The molecule has 0 unspecified atom stereocenters. The van der Waals surface area contributed by atoms with Crippen molar-refractivity contribution in [3.63, 3.8) is 0 Å². The molecular weight excluding hydrogens is 334 g/mol.